The predicted octanol–water partition coefficient (Wildman–Crippen LogP) is 1.02. The summed E-state index contributed by atoms with van der Waals surface area (Å²) in [7, 11) is 0. The Bertz CT molecular complexity index is 326. The zero-order chi connectivity index (χ0) is 10.8. The quantitative estimate of drug-likeness (QED) is 0.759. The molecule has 0 spiro atoms. The summed E-state index contributed by atoms with van der Waals surface area (Å²) in [5.74, 6) is -0.666. The first-order valence-corrected chi connectivity index (χ1v) is 3.63. The highest BCUT2D eigenvalue weighted by Crippen LogP contribution is 2.27. The molecule has 7 heteroatoms. The first-order valence-electron chi connectivity index (χ1n) is 3.63. The normalized spacial score (nSPS) is 11.4. The van der Waals surface area contributed by atoms with Crippen molar-refractivity contribution in [3.8, 4) is 5.88 Å². The number of pyridine rings is 1. The molecule has 0 aliphatic rings. The molecule has 1 aromatic rings. The Morgan fingerprint density at radius 1 is 1.43 bits per heavy atom. The van der Waals surface area contributed by atoms with Crippen LogP contribution in [-0.4, -0.2) is 11.3 Å². The molecule has 14 heavy (non-hydrogen) atoms. The second-order valence-corrected chi connectivity index (χ2v) is 2.44. The molecule has 1 rings (SSSR count). The van der Waals surface area contributed by atoms with Crippen molar-refractivity contribution >= 4 is 5.69 Å². The number of hydrogen-bond acceptors (Lipinski definition) is 4. The van der Waals surface area contributed by atoms with Crippen molar-refractivity contribution in [2.45, 2.75) is 12.9 Å². The highest BCUT2D eigenvalue weighted by atomic mass is 19.4. The predicted molar refractivity (Wildman–Crippen MR) is 43.2 cm³/mol. The molecule has 1 heterocycles. The molecule has 0 bridgehead atoms. The Kier molecular flexibility index (Phi) is 2.80. The molecular weight excluding hydrogens is 199 g/mol. The number of nitrogens with two attached hydrogens (primary N) is 2. The van der Waals surface area contributed by atoms with E-state index in [1.54, 1.807) is 0 Å². The second-order valence-electron chi connectivity index (χ2n) is 2.44. The van der Waals surface area contributed by atoms with E-state index in [-0.39, 0.29) is 12.2 Å². The maximum Gasteiger partial charge on any atom is 0.574 e. The number of anilines is 1. The fourth-order valence-electron chi connectivity index (χ4n) is 0.861. The SMILES string of the molecule is NCc1ccnc(OC(F)(F)F)c1N. The van der Waals surface area contributed by atoms with Crippen LogP contribution in [0.3, 0.4) is 0 Å². The lowest BCUT2D eigenvalue weighted by atomic mass is 10.2. The number of nitrogens with zero attached hydrogens (tertiary/aromatic N) is 1. The maximum absolute atomic E-state index is 11.8. The van der Waals surface area contributed by atoms with Gasteiger partial charge in [0.2, 0.25) is 5.88 Å². The number of hydrogen-bond donors (Lipinski definition) is 2. The molecule has 0 radical (unpaired) electrons. The molecule has 0 aliphatic heterocycles. The van der Waals surface area contributed by atoms with Crippen LogP contribution in [0.1, 0.15) is 5.56 Å². The third kappa shape index (κ3) is 2.49. The van der Waals surface area contributed by atoms with Crippen molar-refractivity contribution in [2.75, 3.05) is 5.73 Å². The molecule has 0 atom stereocenters. The lowest BCUT2D eigenvalue weighted by Crippen LogP contribution is -2.19. The van der Waals surface area contributed by atoms with Gasteiger partial charge >= 0.3 is 6.36 Å². The molecule has 0 fully saturated rings. The summed E-state index contributed by atoms with van der Waals surface area (Å²) in [6, 6.07) is 1.43. The molecule has 0 aliphatic carbocycles. The van der Waals surface area contributed by atoms with Gasteiger partial charge in [-0.25, -0.2) is 4.98 Å². The van der Waals surface area contributed by atoms with Crippen LogP contribution in [0.5, 0.6) is 5.88 Å². The first-order chi connectivity index (χ1) is 6.44. The first kappa shape index (κ1) is 10.6. The third-order valence-electron chi connectivity index (χ3n) is 1.48. The van der Waals surface area contributed by atoms with Crippen LogP contribution in [-0.2, 0) is 6.54 Å². The van der Waals surface area contributed by atoms with Crippen molar-refractivity contribution in [1.82, 2.24) is 4.98 Å². The van der Waals surface area contributed by atoms with Crippen molar-refractivity contribution in [1.29, 1.82) is 0 Å². The van der Waals surface area contributed by atoms with E-state index < -0.39 is 12.2 Å². The summed E-state index contributed by atoms with van der Waals surface area (Å²) in [6.07, 6.45) is -3.64. The minimum Gasteiger partial charge on any atom is -0.394 e. The smallest absolute Gasteiger partial charge is 0.394 e. The van der Waals surface area contributed by atoms with Gasteiger partial charge in [-0.05, 0) is 11.6 Å². The van der Waals surface area contributed by atoms with E-state index in [1.807, 2.05) is 0 Å². The van der Waals surface area contributed by atoms with Crippen molar-refractivity contribution in [3.05, 3.63) is 17.8 Å². The topological polar surface area (TPSA) is 74.2 Å². The van der Waals surface area contributed by atoms with Crippen LogP contribution in [0.4, 0.5) is 18.9 Å². The zero-order valence-corrected chi connectivity index (χ0v) is 7.01. The summed E-state index contributed by atoms with van der Waals surface area (Å²) in [6.45, 7) is 0.0303. The number of rotatable bonds is 2. The average molecular weight is 207 g/mol. The lowest BCUT2D eigenvalue weighted by molar-refractivity contribution is -0.275. The Balaban J connectivity index is 2.98. The molecule has 0 saturated carbocycles. The maximum atomic E-state index is 11.8. The van der Waals surface area contributed by atoms with Gasteiger partial charge in [0.25, 0.3) is 0 Å². The summed E-state index contributed by atoms with van der Waals surface area (Å²) >= 11 is 0. The van der Waals surface area contributed by atoms with Gasteiger partial charge in [-0.15, -0.1) is 13.2 Å². The zero-order valence-electron chi connectivity index (χ0n) is 7.01. The summed E-state index contributed by atoms with van der Waals surface area (Å²) < 4.78 is 39.0. The molecule has 4 N–H and O–H groups in total. The van der Waals surface area contributed by atoms with E-state index in [1.165, 1.54) is 6.07 Å². The van der Waals surface area contributed by atoms with Crippen LogP contribution in [0, 0.1) is 0 Å². The van der Waals surface area contributed by atoms with Crippen LogP contribution in [0.25, 0.3) is 0 Å². The van der Waals surface area contributed by atoms with Gasteiger partial charge in [-0.2, -0.15) is 0 Å². The lowest BCUT2D eigenvalue weighted by Gasteiger charge is -2.11. The molecule has 78 valence electrons. The molecular formula is C7H8F3N3O. The Labute approximate surface area is 77.7 Å². The van der Waals surface area contributed by atoms with Gasteiger partial charge in [-0.3, -0.25) is 0 Å². The van der Waals surface area contributed by atoms with Gasteiger partial charge in [0.05, 0.1) is 5.69 Å². The van der Waals surface area contributed by atoms with Crippen LogP contribution in [0.2, 0.25) is 0 Å². The van der Waals surface area contributed by atoms with E-state index in [0.29, 0.717) is 5.56 Å². The van der Waals surface area contributed by atoms with E-state index in [2.05, 4.69) is 9.72 Å². The molecule has 0 unspecified atom stereocenters. The fraction of sp³-hybridized carbons (Fsp3) is 0.286. The Hall–Kier alpha value is -1.50. The minimum absolute atomic E-state index is 0.0303. The monoisotopic (exact) mass is 207 g/mol. The van der Waals surface area contributed by atoms with Gasteiger partial charge in [-0.1, -0.05) is 0 Å². The molecule has 0 saturated heterocycles. The van der Waals surface area contributed by atoms with E-state index in [9.17, 15) is 13.2 Å². The molecule has 4 nitrogen and oxygen atoms in total. The van der Waals surface area contributed by atoms with Gasteiger partial charge in [0.15, 0.2) is 0 Å². The minimum atomic E-state index is -4.80. The summed E-state index contributed by atoms with van der Waals surface area (Å²) in [5.41, 5.74) is 10.7. The number of alkyl halides is 3. The van der Waals surface area contributed by atoms with Crippen molar-refractivity contribution in [2.24, 2.45) is 5.73 Å². The van der Waals surface area contributed by atoms with E-state index >= 15 is 0 Å². The molecule has 0 aromatic carbocycles. The van der Waals surface area contributed by atoms with E-state index in [4.69, 9.17) is 11.5 Å². The summed E-state index contributed by atoms with van der Waals surface area (Å²) in [4.78, 5) is 3.35. The second kappa shape index (κ2) is 3.70. The molecule has 1 aromatic heterocycles. The van der Waals surface area contributed by atoms with Crippen LogP contribution in [0.15, 0.2) is 12.3 Å². The fourth-order valence-corrected chi connectivity index (χ4v) is 0.861. The van der Waals surface area contributed by atoms with Gasteiger partial charge in [0, 0.05) is 12.7 Å². The number of nitrogen functional groups attached to an aromatic ring is 1. The standard InChI is InChI=1S/C7H8F3N3O/c8-7(9,10)14-6-5(12)4(3-11)1-2-13-6/h1-2H,3,11-12H2. The Morgan fingerprint density at radius 2 is 2.07 bits per heavy atom. The number of aromatic nitrogens is 1. The number of halogens is 3. The third-order valence-corrected chi connectivity index (χ3v) is 1.48. The van der Waals surface area contributed by atoms with E-state index in [0.717, 1.165) is 6.20 Å². The van der Waals surface area contributed by atoms with Crippen molar-refractivity contribution < 1.29 is 17.9 Å². The van der Waals surface area contributed by atoms with Crippen LogP contribution >= 0.6 is 0 Å². The van der Waals surface area contributed by atoms with Gasteiger partial charge < -0.3 is 16.2 Å². The number of ether oxygens (including phenoxy) is 1. The Morgan fingerprint density at radius 3 is 2.57 bits per heavy atom. The van der Waals surface area contributed by atoms with Crippen LogP contribution < -0.4 is 16.2 Å². The highest BCUT2D eigenvalue weighted by molar-refractivity contribution is 5.54. The molecule has 0 amide bonds. The van der Waals surface area contributed by atoms with Crippen molar-refractivity contribution in [3.63, 3.8) is 0 Å². The highest BCUT2D eigenvalue weighted by Gasteiger charge is 2.32. The largest absolute Gasteiger partial charge is 0.574 e. The summed E-state index contributed by atoms with van der Waals surface area (Å²) in [5, 5.41) is 0. The van der Waals surface area contributed by atoms with Gasteiger partial charge in [0.1, 0.15) is 0 Å². The average Bonchev–Trinajstić information content (AvgIpc) is 2.06.